The number of unbranched alkanes of at least 4 members (excludes halogenated alkanes) is 45. The second-order valence-corrected chi connectivity index (χ2v) is 18.1. The first-order chi connectivity index (χ1) is 25.3. The molecule has 0 bridgehead atoms. The molecule has 0 saturated heterocycles. The summed E-state index contributed by atoms with van der Waals surface area (Å²) in [6, 6.07) is 0. The van der Waals surface area contributed by atoms with Gasteiger partial charge in [0.05, 0.1) is 0 Å². The van der Waals surface area contributed by atoms with Gasteiger partial charge < -0.3 is 0 Å². The van der Waals surface area contributed by atoms with Crippen LogP contribution in [0.25, 0.3) is 0 Å². The first-order valence-corrected chi connectivity index (χ1v) is 25.3. The van der Waals surface area contributed by atoms with Gasteiger partial charge in [0.25, 0.3) is 0 Å². The summed E-state index contributed by atoms with van der Waals surface area (Å²) in [4.78, 5) is 0. The maximum atomic E-state index is 2.35. The molecule has 0 aromatic rings. The Hall–Kier alpha value is 0. The maximum absolute atomic E-state index is 2.35. The molecule has 0 aromatic heterocycles. The van der Waals surface area contributed by atoms with Crippen molar-refractivity contribution in [1.29, 1.82) is 0 Å². The summed E-state index contributed by atoms with van der Waals surface area (Å²) in [7, 11) is 0. The molecule has 0 spiro atoms. The van der Waals surface area contributed by atoms with Crippen molar-refractivity contribution in [1.82, 2.24) is 0 Å². The zero-order valence-electron chi connectivity index (χ0n) is 36.8. The molecular weight excluding hydrogens is 613 g/mol. The van der Waals surface area contributed by atoms with Crippen molar-refractivity contribution in [2.24, 2.45) is 5.92 Å². The van der Waals surface area contributed by atoms with E-state index in [1.54, 1.807) is 0 Å². The molecule has 0 aliphatic rings. The van der Waals surface area contributed by atoms with E-state index in [0.29, 0.717) is 0 Å². The quantitative estimate of drug-likeness (QED) is 0.0550. The van der Waals surface area contributed by atoms with Crippen LogP contribution in [-0.4, -0.2) is 0 Å². The minimum absolute atomic E-state index is 0.896. The highest BCUT2D eigenvalue weighted by molar-refractivity contribution is 4.54. The second-order valence-electron chi connectivity index (χ2n) is 18.1. The van der Waals surface area contributed by atoms with Gasteiger partial charge in [-0.05, 0) is 5.92 Å². The maximum Gasteiger partial charge on any atom is -0.0471 e. The smallest absolute Gasteiger partial charge is 0.0471 e. The molecule has 0 amide bonds. The molecule has 0 fully saturated rings. The normalized spacial score (nSPS) is 11.8. The molecule has 0 atom stereocenters. The first-order valence-electron chi connectivity index (χ1n) is 25.3. The number of hydrogen-bond donors (Lipinski definition) is 0. The van der Waals surface area contributed by atoms with Gasteiger partial charge in [-0.15, -0.1) is 0 Å². The van der Waals surface area contributed by atoms with Crippen LogP contribution >= 0.6 is 0 Å². The summed E-state index contributed by atoms with van der Waals surface area (Å²) >= 11 is 0. The summed E-state index contributed by atoms with van der Waals surface area (Å²) in [5.41, 5.74) is 0. The lowest BCUT2D eigenvalue weighted by Gasteiger charge is -2.05. The Morgan fingerprint density at radius 3 is 0.412 bits per heavy atom. The third kappa shape index (κ3) is 50.0. The van der Waals surface area contributed by atoms with Crippen LogP contribution in [0.3, 0.4) is 0 Å². The van der Waals surface area contributed by atoms with Gasteiger partial charge in [-0.1, -0.05) is 323 Å². The van der Waals surface area contributed by atoms with Crippen molar-refractivity contribution in [3.63, 3.8) is 0 Å². The number of rotatable bonds is 47. The third-order valence-corrected chi connectivity index (χ3v) is 12.1. The average molecular weight is 717 g/mol. The van der Waals surface area contributed by atoms with Crippen LogP contribution in [0.2, 0.25) is 0 Å². The van der Waals surface area contributed by atoms with Crippen LogP contribution in [0.1, 0.15) is 323 Å². The molecule has 0 nitrogen and oxygen atoms in total. The summed E-state index contributed by atoms with van der Waals surface area (Å²) in [5.74, 6) is 0.896. The topological polar surface area (TPSA) is 0 Å². The van der Waals surface area contributed by atoms with Gasteiger partial charge in [0.1, 0.15) is 0 Å². The Balaban J connectivity index is 3.05. The van der Waals surface area contributed by atoms with Crippen molar-refractivity contribution in [2.45, 2.75) is 323 Å². The largest absolute Gasteiger partial charge is 0.0654 e. The summed E-state index contributed by atoms with van der Waals surface area (Å²) in [6.45, 7) is 7.02. The van der Waals surface area contributed by atoms with Crippen molar-refractivity contribution in [3.05, 3.63) is 0 Å². The Kier molecular flexibility index (Phi) is 48.0. The second kappa shape index (κ2) is 48.0. The molecule has 0 unspecified atom stereocenters. The number of hydrogen-bond acceptors (Lipinski definition) is 0. The van der Waals surface area contributed by atoms with E-state index in [2.05, 4.69) is 20.8 Å². The molecule has 0 heteroatoms. The third-order valence-electron chi connectivity index (χ3n) is 12.1. The van der Waals surface area contributed by atoms with Gasteiger partial charge in [-0.2, -0.15) is 0 Å². The van der Waals surface area contributed by atoms with Crippen molar-refractivity contribution in [2.75, 3.05) is 0 Å². The van der Waals surface area contributed by atoms with Gasteiger partial charge in [0.2, 0.25) is 0 Å². The molecule has 0 heterocycles. The van der Waals surface area contributed by atoms with Crippen LogP contribution in [0, 0.1) is 5.92 Å². The monoisotopic (exact) mass is 717 g/mol. The predicted molar refractivity (Wildman–Crippen MR) is 238 cm³/mol. The Labute approximate surface area is 327 Å². The summed E-state index contributed by atoms with van der Waals surface area (Å²) in [5, 5.41) is 0. The van der Waals surface area contributed by atoms with E-state index >= 15 is 0 Å². The Morgan fingerprint density at radius 2 is 0.294 bits per heavy atom. The van der Waals surface area contributed by atoms with Crippen LogP contribution in [0.5, 0.6) is 0 Å². The summed E-state index contributed by atoms with van der Waals surface area (Å²) < 4.78 is 0. The van der Waals surface area contributed by atoms with E-state index in [1.165, 1.54) is 302 Å². The fourth-order valence-electron chi connectivity index (χ4n) is 8.40. The van der Waals surface area contributed by atoms with Crippen molar-refractivity contribution < 1.29 is 0 Å². The van der Waals surface area contributed by atoms with E-state index in [9.17, 15) is 0 Å². The van der Waals surface area contributed by atoms with E-state index in [-0.39, 0.29) is 0 Å². The molecule has 0 rings (SSSR count). The predicted octanol–water partition coefficient (Wildman–Crippen LogP) is 20.0. The molecular formula is C51H104. The van der Waals surface area contributed by atoms with E-state index in [0.717, 1.165) is 5.92 Å². The molecule has 0 radical (unpaired) electrons. The zero-order chi connectivity index (χ0) is 36.8. The van der Waals surface area contributed by atoms with E-state index in [4.69, 9.17) is 0 Å². The molecule has 0 N–H and O–H groups in total. The fourth-order valence-corrected chi connectivity index (χ4v) is 8.40. The molecule has 0 aromatic carbocycles. The lowest BCUT2D eigenvalue weighted by molar-refractivity contribution is 0.500. The lowest BCUT2D eigenvalue weighted by Crippen LogP contribution is -1.87. The SMILES string of the molecule is CCCCCCCCCCCCCCCCCCCCCCCCCCCCCCCCCCCCCCCCCCCCCCCCC(C)C. The highest BCUT2D eigenvalue weighted by Crippen LogP contribution is 2.18. The molecule has 308 valence electrons. The Bertz CT molecular complexity index is 562. The minimum Gasteiger partial charge on any atom is -0.0654 e. The zero-order valence-corrected chi connectivity index (χ0v) is 36.8. The van der Waals surface area contributed by atoms with Gasteiger partial charge in [-0.3, -0.25) is 0 Å². The Morgan fingerprint density at radius 1 is 0.176 bits per heavy atom. The van der Waals surface area contributed by atoms with E-state index < -0.39 is 0 Å². The van der Waals surface area contributed by atoms with E-state index in [1.807, 2.05) is 0 Å². The van der Waals surface area contributed by atoms with Gasteiger partial charge >= 0.3 is 0 Å². The van der Waals surface area contributed by atoms with Crippen molar-refractivity contribution in [3.8, 4) is 0 Å². The highest BCUT2D eigenvalue weighted by atomic mass is 14.1. The standard InChI is InChI=1S/C51H104/c1-4-5-6-7-8-9-10-11-12-13-14-15-16-17-18-19-20-21-22-23-24-25-26-27-28-29-30-31-32-33-34-35-36-37-38-39-40-41-42-43-44-45-46-47-48-49-50-51(2)3/h51H,4-50H2,1-3H3. The first kappa shape index (κ1) is 51.0. The minimum atomic E-state index is 0.896. The molecule has 0 aliphatic heterocycles. The van der Waals surface area contributed by atoms with Crippen LogP contribution in [-0.2, 0) is 0 Å². The molecule has 0 aliphatic carbocycles. The van der Waals surface area contributed by atoms with Gasteiger partial charge in [-0.25, -0.2) is 0 Å². The van der Waals surface area contributed by atoms with Crippen molar-refractivity contribution >= 4 is 0 Å². The molecule has 51 heavy (non-hydrogen) atoms. The highest BCUT2D eigenvalue weighted by Gasteiger charge is 1.99. The molecule has 0 saturated carbocycles. The fraction of sp³-hybridized carbons (Fsp3) is 1.00. The summed E-state index contributed by atoms with van der Waals surface area (Å²) in [6.07, 6.45) is 69.9. The van der Waals surface area contributed by atoms with Gasteiger partial charge in [0.15, 0.2) is 0 Å². The van der Waals surface area contributed by atoms with Crippen LogP contribution in [0.15, 0.2) is 0 Å². The van der Waals surface area contributed by atoms with Gasteiger partial charge in [0, 0.05) is 0 Å². The van der Waals surface area contributed by atoms with Crippen LogP contribution in [0.4, 0.5) is 0 Å². The lowest BCUT2D eigenvalue weighted by atomic mass is 10.0. The van der Waals surface area contributed by atoms with Crippen LogP contribution < -0.4 is 0 Å². The average Bonchev–Trinajstić information content (AvgIpc) is 3.13.